The van der Waals surface area contributed by atoms with Crippen LogP contribution in [0.5, 0.6) is 5.75 Å². The SMILES string of the molecule is CCOc1ccccc1N1CCN(c2ncnc3c(F)cccc23)CC1. The summed E-state index contributed by atoms with van der Waals surface area (Å²) in [6.07, 6.45) is 1.44. The molecular formula is C20H21FN4O. The molecule has 4 rings (SSSR count). The summed E-state index contributed by atoms with van der Waals surface area (Å²) in [4.78, 5) is 13.0. The van der Waals surface area contributed by atoms with E-state index in [0.29, 0.717) is 12.1 Å². The van der Waals surface area contributed by atoms with E-state index in [1.165, 1.54) is 12.4 Å². The van der Waals surface area contributed by atoms with Crippen molar-refractivity contribution in [1.29, 1.82) is 0 Å². The summed E-state index contributed by atoms with van der Waals surface area (Å²) in [5.74, 6) is 1.40. The number of nitrogens with zero attached hydrogens (tertiary/aromatic N) is 4. The molecule has 6 heteroatoms. The number of aromatic nitrogens is 2. The van der Waals surface area contributed by atoms with Crippen molar-refractivity contribution in [1.82, 2.24) is 9.97 Å². The Kier molecular flexibility index (Phi) is 4.56. The molecule has 1 aliphatic rings. The van der Waals surface area contributed by atoms with Gasteiger partial charge in [0.25, 0.3) is 0 Å². The maximum absolute atomic E-state index is 14.0. The van der Waals surface area contributed by atoms with Crippen LogP contribution >= 0.6 is 0 Å². The van der Waals surface area contributed by atoms with Gasteiger partial charge in [-0.25, -0.2) is 14.4 Å². The highest BCUT2D eigenvalue weighted by atomic mass is 19.1. The lowest BCUT2D eigenvalue weighted by atomic mass is 10.2. The number of anilines is 2. The molecule has 0 atom stereocenters. The minimum absolute atomic E-state index is 0.310. The van der Waals surface area contributed by atoms with Gasteiger partial charge in [-0.15, -0.1) is 0 Å². The van der Waals surface area contributed by atoms with Crippen LogP contribution in [0, 0.1) is 5.82 Å². The number of piperazine rings is 1. The molecule has 0 saturated carbocycles. The number of ether oxygens (including phenoxy) is 1. The summed E-state index contributed by atoms with van der Waals surface area (Å²) in [6.45, 7) is 5.96. The third kappa shape index (κ3) is 3.03. The first-order valence-electron chi connectivity index (χ1n) is 8.89. The Morgan fingerprint density at radius 1 is 0.962 bits per heavy atom. The van der Waals surface area contributed by atoms with Gasteiger partial charge in [0.2, 0.25) is 0 Å². The van der Waals surface area contributed by atoms with Gasteiger partial charge >= 0.3 is 0 Å². The summed E-state index contributed by atoms with van der Waals surface area (Å²) in [7, 11) is 0. The molecule has 5 nitrogen and oxygen atoms in total. The second-order valence-electron chi connectivity index (χ2n) is 6.21. The molecule has 2 aromatic carbocycles. The number of hydrogen-bond donors (Lipinski definition) is 0. The molecule has 26 heavy (non-hydrogen) atoms. The van der Waals surface area contributed by atoms with Crippen LogP contribution in [0.3, 0.4) is 0 Å². The summed E-state index contributed by atoms with van der Waals surface area (Å²) in [5, 5.41) is 0.760. The molecule has 0 amide bonds. The maximum Gasteiger partial charge on any atom is 0.149 e. The third-order valence-corrected chi connectivity index (χ3v) is 4.68. The lowest BCUT2D eigenvalue weighted by Gasteiger charge is -2.37. The van der Waals surface area contributed by atoms with Gasteiger partial charge in [-0.3, -0.25) is 0 Å². The highest BCUT2D eigenvalue weighted by Gasteiger charge is 2.22. The van der Waals surface area contributed by atoms with E-state index < -0.39 is 0 Å². The molecular weight excluding hydrogens is 331 g/mol. The fourth-order valence-corrected chi connectivity index (χ4v) is 3.44. The van der Waals surface area contributed by atoms with Crippen molar-refractivity contribution in [2.24, 2.45) is 0 Å². The summed E-state index contributed by atoms with van der Waals surface area (Å²) in [5.41, 5.74) is 1.49. The van der Waals surface area contributed by atoms with Crippen molar-refractivity contribution in [3.8, 4) is 5.75 Å². The van der Waals surface area contributed by atoms with Gasteiger partial charge in [-0.05, 0) is 31.2 Å². The molecule has 1 fully saturated rings. The zero-order valence-electron chi connectivity index (χ0n) is 14.7. The minimum atomic E-state index is -0.310. The maximum atomic E-state index is 14.0. The number of fused-ring (bicyclic) bond motifs is 1. The molecule has 2 heterocycles. The molecule has 1 aromatic heterocycles. The fourth-order valence-electron chi connectivity index (χ4n) is 3.44. The summed E-state index contributed by atoms with van der Waals surface area (Å²) < 4.78 is 19.8. The Labute approximate surface area is 152 Å². The van der Waals surface area contributed by atoms with E-state index in [9.17, 15) is 4.39 Å². The quantitative estimate of drug-likeness (QED) is 0.719. The zero-order valence-corrected chi connectivity index (χ0v) is 14.7. The van der Waals surface area contributed by atoms with Gasteiger partial charge in [-0.1, -0.05) is 18.2 Å². The molecule has 0 bridgehead atoms. The Hall–Kier alpha value is -2.89. The predicted molar refractivity (Wildman–Crippen MR) is 102 cm³/mol. The molecule has 1 aliphatic heterocycles. The van der Waals surface area contributed by atoms with Gasteiger partial charge in [0, 0.05) is 31.6 Å². The fraction of sp³-hybridized carbons (Fsp3) is 0.300. The number of benzene rings is 2. The minimum Gasteiger partial charge on any atom is -0.492 e. The second-order valence-corrected chi connectivity index (χ2v) is 6.21. The first kappa shape index (κ1) is 16.6. The zero-order chi connectivity index (χ0) is 17.9. The van der Waals surface area contributed by atoms with Gasteiger partial charge in [-0.2, -0.15) is 0 Å². The number of rotatable bonds is 4. The van der Waals surface area contributed by atoms with Crippen LogP contribution in [0.4, 0.5) is 15.9 Å². The van der Waals surface area contributed by atoms with Crippen molar-refractivity contribution in [3.05, 3.63) is 54.6 Å². The van der Waals surface area contributed by atoms with Crippen LogP contribution in [0.15, 0.2) is 48.8 Å². The van der Waals surface area contributed by atoms with Crippen LogP contribution in [-0.2, 0) is 0 Å². The molecule has 0 aliphatic carbocycles. The van der Waals surface area contributed by atoms with Crippen LogP contribution in [-0.4, -0.2) is 42.8 Å². The monoisotopic (exact) mass is 352 g/mol. The van der Waals surface area contributed by atoms with Gasteiger partial charge in [0.15, 0.2) is 0 Å². The summed E-state index contributed by atoms with van der Waals surface area (Å²) >= 11 is 0. The first-order valence-corrected chi connectivity index (χ1v) is 8.89. The highest BCUT2D eigenvalue weighted by Crippen LogP contribution is 2.30. The lowest BCUT2D eigenvalue weighted by Crippen LogP contribution is -2.47. The molecule has 1 saturated heterocycles. The van der Waals surface area contributed by atoms with Crippen LogP contribution in [0.2, 0.25) is 0 Å². The van der Waals surface area contributed by atoms with Crippen LogP contribution in [0.1, 0.15) is 6.92 Å². The van der Waals surface area contributed by atoms with E-state index in [-0.39, 0.29) is 5.82 Å². The molecule has 0 spiro atoms. The largest absolute Gasteiger partial charge is 0.492 e. The number of halogens is 1. The Morgan fingerprint density at radius 2 is 1.73 bits per heavy atom. The lowest BCUT2D eigenvalue weighted by molar-refractivity contribution is 0.340. The van der Waals surface area contributed by atoms with Crippen molar-refractivity contribution in [2.45, 2.75) is 6.92 Å². The van der Waals surface area contributed by atoms with Crippen molar-refractivity contribution < 1.29 is 9.13 Å². The normalized spacial score (nSPS) is 14.7. The van der Waals surface area contributed by atoms with Crippen LogP contribution < -0.4 is 14.5 Å². The summed E-state index contributed by atoms with van der Waals surface area (Å²) in [6, 6.07) is 13.1. The average Bonchev–Trinajstić information content (AvgIpc) is 2.69. The first-order chi connectivity index (χ1) is 12.8. The van der Waals surface area contributed by atoms with Gasteiger partial charge in [0.1, 0.15) is 29.2 Å². The van der Waals surface area contributed by atoms with E-state index in [2.05, 4.69) is 25.8 Å². The van der Waals surface area contributed by atoms with Gasteiger partial charge in [0.05, 0.1) is 12.3 Å². The van der Waals surface area contributed by atoms with E-state index in [1.807, 2.05) is 31.2 Å². The average molecular weight is 352 g/mol. The highest BCUT2D eigenvalue weighted by molar-refractivity contribution is 5.89. The smallest absolute Gasteiger partial charge is 0.149 e. The third-order valence-electron chi connectivity index (χ3n) is 4.68. The number of hydrogen-bond acceptors (Lipinski definition) is 5. The van der Waals surface area contributed by atoms with E-state index in [0.717, 1.165) is 48.8 Å². The Morgan fingerprint density at radius 3 is 2.54 bits per heavy atom. The van der Waals surface area contributed by atoms with E-state index in [4.69, 9.17) is 4.74 Å². The van der Waals surface area contributed by atoms with Crippen molar-refractivity contribution in [2.75, 3.05) is 42.6 Å². The number of para-hydroxylation sites is 3. The van der Waals surface area contributed by atoms with Crippen molar-refractivity contribution in [3.63, 3.8) is 0 Å². The van der Waals surface area contributed by atoms with Gasteiger partial charge < -0.3 is 14.5 Å². The molecule has 0 N–H and O–H groups in total. The molecule has 3 aromatic rings. The van der Waals surface area contributed by atoms with Crippen LogP contribution in [0.25, 0.3) is 10.9 Å². The van der Waals surface area contributed by atoms with E-state index >= 15 is 0 Å². The Bertz CT molecular complexity index is 909. The molecule has 134 valence electrons. The second kappa shape index (κ2) is 7.15. The predicted octanol–water partition coefficient (Wildman–Crippen LogP) is 3.49. The van der Waals surface area contributed by atoms with E-state index in [1.54, 1.807) is 6.07 Å². The topological polar surface area (TPSA) is 41.5 Å². The molecule has 0 unspecified atom stereocenters. The Balaban J connectivity index is 1.56. The molecule has 0 radical (unpaired) electrons. The standard InChI is InChI=1S/C20H21FN4O/c1-2-26-18-9-4-3-8-17(18)24-10-12-25(13-11-24)20-15-6-5-7-16(21)19(15)22-14-23-20/h3-9,14H,2,10-13H2,1H3. The van der Waals surface area contributed by atoms with Crippen molar-refractivity contribution >= 4 is 22.4 Å².